The maximum Gasteiger partial charge on any atom is 0.253 e. The Morgan fingerprint density at radius 2 is 1.71 bits per heavy atom. The zero-order valence-electron chi connectivity index (χ0n) is 22.3. The van der Waals surface area contributed by atoms with Gasteiger partial charge in [0.2, 0.25) is 0 Å². The first kappa shape index (κ1) is 26.2. The quantitative estimate of drug-likeness (QED) is 0.423. The van der Waals surface area contributed by atoms with Crippen molar-refractivity contribution in [2.75, 3.05) is 26.0 Å². The molecule has 1 saturated carbocycles. The highest BCUT2D eigenvalue weighted by Gasteiger charge is 2.30. The first-order valence-electron chi connectivity index (χ1n) is 13.4. The maximum atomic E-state index is 13.5. The van der Waals surface area contributed by atoms with Crippen LogP contribution in [-0.4, -0.2) is 48.9 Å². The van der Waals surface area contributed by atoms with E-state index in [1.807, 2.05) is 67.5 Å². The normalized spacial score (nSPS) is 20.5. The summed E-state index contributed by atoms with van der Waals surface area (Å²) in [5.41, 5.74) is 4.69. The summed E-state index contributed by atoms with van der Waals surface area (Å²) in [7, 11) is 5.95. The molecule has 7 heteroatoms. The Morgan fingerprint density at radius 1 is 0.947 bits per heavy atom. The maximum absolute atomic E-state index is 13.5. The molecule has 0 radical (unpaired) electrons. The van der Waals surface area contributed by atoms with Crippen molar-refractivity contribution in [3.63, 3.8) is 0 Å². The predicted molar refractivity (Wildman–Crippen MR) is 152 cm³/mol. The molecule has 2 aliphatic rings. The van der Waals surface area contributed by atoms with E-state index in [2.05, 4.69) is 22.4 Å². The average molecular weight is 531 g/mol. The van der Waals surface area contributed by atoms with E-state index in [0.717, 1.165) is 49.9 Å². The lowest BCUT2D eigenvalue weighted by Gasteiger charge is -2.35. The van der Waals surface area contributed by atoms with E-state index in [1.165, 1.54) is 11.1 Å². The molecule has 1 heterocycles. The number of hydrogen-bond donors (Lipinski definition) is 1. The zero-order chi connectivity index (χ0) is 26.8. The fourth-order valence-electron chi connectivity index (χ4n) is 5.87. The van der Waals surface area contributed by atoms with Crippen LogP contribution in [0.15, 0.2) is 60.8 Å². The minimum absolute atomic E-state index is 0.0399. The van der Waals surface area contributed by atoms with E-state index in [0.29, 0.717) is 22.1 Å². The van der Waals surface area contributed by atoms with Gasteiger partial charge in [0.15, 0.2) is 0 Å². The molecule has 3 aromatic rings. The summed E-state index contributed by atoms with van der Waals surface area (Å²) in [4.78, 5) is 34.8. The molecule has 1 aromatic heterocycles. The highest BCUT2D eigenvalue weighted by atomic mass is 35.5. The SMILES string of the molecule is CN(C)c1cc(C2CCC(N(C)C(=O)c3ccc4c(c3)[C@H](NC(=O)c3ccccc3Cl)CC4)CC2)ccn1. The van der Waals surface area contributed by atoms with Gasteiger partial charge < -0.3 is 15.1 Å². The summed E-state index contributed by atoms with van der Waals surface area (Å²) in [6, 6.07) is 17.4. The van der Waals surface area contributed by atoms with Crippen molar-refractivity contribution in [1.82, 2.24) is 15.2 Å². The first-order chi connectivity index (χ1) is 18.3. The van der Waals surface area contributed by atoms with Gasteiger partial charge in [0.05, 0.1) is 16.6 Å². The molecule has 1 atom stereocenters. The molecule has 198 valence electrons. The molecule has 5 rings (SSSR count). The van der Waals surface area contributed by atoms with Crippen LogP contribution in [0.25, 0.3) is 0 Å². The number of aryl methyl sites for hydroxylation is 1. The molecular weight excluding hydrogens is 496 g/mol. The fraction of sp³-hybridized carbons (Fsp3) is 0.387. The molecule has 0 aliphatic heterocycles. The Labute approximate surface area is 230 Å². The second-order valence-corrected chi connectivity index (χ2v) is 11.1. The number of rotatable bonds is 6. The summed E-state index contributed by atoms with van der Waals surface area (Å²) in [6.45, 7) is 0. The largest absolute Gasteiger partial charge is 0.363 e. The van der Waals surface area contributed by atoms with Gasteiger partial charge in [0.25, 0.3) is 11.8 Å². The van der Waals surface area contributed by atoms with E-state index >= 15 is 0 Å². The minimum atomic E-state index is -0.189. The molecule has 0 unspecified atom stereocenters. The van der Waals surface area contributed by atoms with Crippen molar-refractivity contribution in [2.45, 2.75) is 56.5 Å². The Kier molecular flexibility index (Phi) is 7.70. The third kappa shape index (κ3) is 5.41. The Bertz CT molecular complexity index is 1330. The second-order valence-electron chi connectivity index (χ2n) is 10.7. The van der Waals surface area contributed by atoms with E-state index in [1.54, 1.807) is 12.1 Å². The summed E-state index contributed by atoms with van der Waals surface area (Å²) in [6.07, 6.45) is 7.65. The highest BCUT2D eigenvalue weighted by molar-refractivity contribution is 6.33. The summed E-state index contributed by atoms with van der Waals surface area (Å²) < 4.78 is 0. The van der Waals surface area contributed by atoms with Gasteiger partial charge in [-0.25, -0.2) is 4.98 Å². The average Bonchev–Trinajstić information content (AvgIpc) is 3.34. The van der Waals surface area contributed by atoms with Gasteiger partial charge >= 0.3 is 0 Å². The Balaban J connectivity index is 1.24. The number of carbonyl (C=O) groups is 2. The van der Waals surface area contributed by atoms with Gasteiger partial charge in [0.1, 0.15) is 5.82 Å². The van der Waals surface area contributed by atoms with Crippen molar-refractivity contribution < 1.29 is 9.59 Å². The minimum Gasteiger partial charge on any atom is -0.363 e. The lowest BCUT2D eigenvalue weighted by atomic mass is 9.81. The van der Waals surface area contributed by atoms with Gasteiger partial charge in [-0.05, 0) is 97.5 Å². The smallest absolute Gasteiger partial charge is 0.253 e. The van der Waals surface area contributed by atoms with Gasteiger partial charge in [0, 0.05) is 38.9 Å². The molecule has 6 nitrogen and oxygen atoms in total. The molecule has 2 amide bonds. The van der Waals surface area contributed by atoms with E-state index in [9.17, 15) is 9.59 Å². The standard InChI is InChI=1S/C31H35ClN4O2/c1-35(2)29-19-22(16-17-33-29)20-10-13-24(14-11-20)36(3)31(38)23-9-8-21-12-15-28(26(21)18-23)34-30(37)25-6-4-5-7-27(25)32/h4-9,16-20,24,28H,10-15H2,1-3H3,(H,34,37)/t20?,24?,28-/m1/s1. The third-order valence-electron chi connectivity index (χ3n) is 8.16. The van der Waals surface area contributed by atoms with Crippen LogP contribution >= 0.6 is 11.6 Å². The van der Waals surface area contributed by atoms with Crippen molar-refractivity contribution in [2.24, 2.45) is 0 Å². The number of amides is 2. The predicted octanol–water partition coefficient (Wildman–Crippen LogP) is 6.02. The number of aromatic nitrogens is 1. The van der Waals surface area contributed by atoms with Gasteiger partial charge in [-0.3, -0.25) is 9.59 Å². The number of hydrogen-bond acceptors (Lipinski definition) is 4. The Morgan fingerprint density at radius 3 is 2.45 bits per heavy atom. The van der Waals surface area contributed by atoms with Crippen molar-refractivity contribution in [3.8, 4) is 0 Å². The van der Waals surface area contributed by atoms with Crippen LogP contribution in [0, 0.1) is 0 Å². The van der Waals surface area contributed by atoms with Gasteiger partial charge in [-0.2, -0.15) is 0 Å². The molecule has 1 fully saturated rings. The summed E-state index contributed by atoms with van der Waals surface area (Å²) >= 11 is 6.23. The van der Waals surface area contributed by atoms with E-state index < -0.39 is 0 Å². The van der Waals surface area contributed by atoms with Crippen LogP contribution in [0.1, 0.15) is 81.5 Å². The molecule has 0 spiro atoms. The molecule has 0 bridgehead atoms. The molecule has 38 heavy (non-hydrogen) atoms. The molecular formula is C31H35ClN4O2. The van der Waals surface area contributed by atoms with Crippen LogP contribution in [0.4, 0.5) is 5.82 Å². The number of carbonyl (C=O) groups excluding carboxylic acids is 2. The van der Waals surface area contributed by atoms with Crippen LogP contribution < -0.4 is 10.2 Å². The number of fused-ring (bicyclic) bond motifs is 1. The summed E-state index contributed by atoms with van der Waals surface area (Å²) in [5.74, 6) is 1.33. The van der Waals surface area contributed by atoms with Crippen LogP contribution in [0.5, 0.6) is 0 Å². The topological polar surface area (TPSA) is 65.5 Å². The molecule has 2 aromatic carbocycles. The summed E-state index contributed by atoms with van der Waals surface area (Å²) in [5, 5.41) is 3.56. The lowest BCUT2D eigenvalue weighted by Crippen LogP contribution is -2.39. The van der Waals surface area contributed by atoms with Gasteiger partial charge in [-0.15, -0.1) is 0 Å². The number of nitrogens with zero attached hydrogens (tertiary/aromatic N) is 3. The second kappa shape index (κ2) is 11.2. The molecule has 2 aliphatic carbocycles. The van der Waals surface area contributed by atoms with Crippen LogP contribution in [0.2, 0.25) is 5.02 Å². The monoisotopic (exact) mass is 530 g/mol. The number of halogens is 1. The lowest BCUT2D eigenvalue weighted by molar-refractivity contribution is 0.0689. The van der Waals surface area contributed by atoms with Crippen molar-refractivity contribution in [3.05, 3.63) is 93.6 Å². The number of nitrogens with one attached hydrogen (secondary N) is 1. The number of benzene rings is 2. The van der Waals surface area contributed by atoms with Crippen LogP contribution in [0.3, 0.4) is 0 Å². The fourth-order valence-corrected chi connectivity index (χ4v) is 6.09. The van der Waals surface area contributed by atoms with Crippen molar-refractivity contribution in [1.29, 1.82) is 0 Å². The van der Waals surface area contributed by atoms with E-state index in [-0.39, 0.29) is 23.9 Å². The number of anilines is 1. The van der Waals surface area contributed by atoms with Gasteiger partial charge in [-0.1, -0.05) is 29.8 Å². The molecule has 0 saturated heterocycles. The van der Waals surface area contributed by atoms with E-state index in [4.69, 9.17) is 11.6 Å². The first-order valence-corrected chi connectivity index (χ1v) is 13.8. The number of pyridine rings is 1. The zero-order valence-corrected chi connectivity index (χ0v) is 23.0. The van der Waals surface area contributed by atoms with Crippen LogP contribution in [-0.2, 0) is 6.42 Å². The molecule has 1 N–H and O–H groups in total. The third-order valence-corrected chi connectivity index (χ3v) is 8.49. The Hall–Kier alpha value is -3.38. The van der Waals surface area contributed by atoms with Crippen molar-refractivity contribution >= 4 is 29.2 Å². The highest BCUT2D eigenvalue weighted by Crippen LogP contribution is 2.36.